The van der Waals surface area contributed by atoms with Crippen molar-refractivity contribution < 1.29 is 79.7 Å². The molecule has 0 bridgehead atoms. The number of H-pyrrole nitrogens is 3. The molecule has 95 heavy (non-hydrogen) atoms. The Morgan fingerprint density at radius 2 is 1.18 bits per heavy atom. The number of nitrogens with one attached hydrogen (secondary N) is 3. The Balaban J connectivity index is -0.0000000818. The molecule has 1 aromatic carbocycles. The number of carbonyl (C=O) groups excluding carboxylic acids is 3. The van der Waals surface area contributed by atoms with Gasteiger partial charge in [-0.05, 0) is 128 Å². The lowest BCUT2D eigenvalue weighted by molar-refractivity contribution is -0.151. The van der Waals surface area contributed by atoms with E-state index in [4.69, 9.17) is 38.3 Å². The van der Waals surface area contributed by atoms with E-state index in [-0.39, 0.29) is 128 Å². The standard InChI is InChI=1S/C10H16N2O3.C9H14N2O3.C8H10O3S.C6H6FN.2C6H7NO.C5H10O3.C5H12O2.C4H10O2.9CH4/c1-7(14-3)4-5-15-10(13)9-6-11-8(2)12-9;1-7(13-3)6-14-9(12)8-4-5-11(2)10-8;1-11-7-3-5-8(6-4-7)12(2,9)10;1-5-2-3-8-6(7)4-5;1-5-2-3-7-6(8)4-5;1-5-3-2-4-7-6(5)8;1-4(7-2)5(6)8-3;1-5(7-3)4-6-2;1-4(3-5)6-2;;;;;;;;;/h6-7H,4-5H2,1-3H3,(H,11,12);4-5,7H,6H2,1-3H3;3-6H,1-2H3;2-4H,1H3;2*2-4H,1H3,(H,7,8);4H,1-3H3;5H,4H2,1-3H3;4-5H,3H2,1-2H3;9*1H4/t;7-;;;;;4-;5-;4-;;;;;;;;;/m.1....111........./s1. The van der Waals surface area contributed by atoms with Crippen molar-refractivity contribution >= 4 is 27.7 Å². The highest BCUT2D eigenvalue weighted by Crippen LogP contribution is 2.15. The van der Waals surface area contributed by atoms with Crippen LogP contribution in [0.2, 0.25) is 0 Å². The summed E-state index contributed by atoms with van der Waals surface area (Å²) < 4.78 is 83.7. The molecule has 0 radical (unpaired) electrons. The van der Waals surface area contributed by atoms with Crippen molar-refractivity contribution in [2.45, 2.75) is 171 Å². The molecule has 5 atom stereocenters. The largest absolute Gasteiger partial charge is 0.497 e. The summed E-state index contributed by atoms with van der Waals surface area (Å²) in [6.45, 7) is 17.8. The number of hydrogen-bond donors (Lipinski definition) is 4. The van der Waals surface area contributed by atoms with Gasteiger partial charge in [0.25, 0.3) is 5.56 Å². The summed E-state index contributed by atoms with van der Waals surface area (Å²) in [6, 6.07) is 18.0. The summed E-state index contributed by atoms with van der Waals surface area (Å²) in [5.74, 6) is -0.194. The number of aliphatic hydroxyl groups excluding tert-OH is 1. The van der Waals surface area contributed by atoms with Crippen LogP contribution in [0.1, 0.15) is 151 Å². The lowest BCUT2D eigenvalue weighted by atomic mass is 10.3. The van der Waals surface area contributed by atoms with Gasteiger partial charge in [-0.2, -0.15) is 9.49 Å². The van der Waals surface area contributed by atoms with Crippen LogP contribution in [0, 0.1) is 33.6 Å². The van der Waals surface area contributed by atoms with E-state index < -0.39 is 27.9 Å². The second kappa shape index (κ2) is 69.3. The van der Waals surface area contributed by atoms with Crippen LogP contribution in [0.5, 0.6) is 5.75 Å². The van der Waals surface area contributed by atoms with Gasteiger partial charge in [-0.15, -0.1) is 0 Å². The predicted octanol–water partition coefficient (Wildman–Crippen LogP) is 12.5. The van der Waals surface area contributed by atoms with Gasteiger partial charge in [0.1, 0.15) is 23.9 Å². The van der Waals surface area contributed by atoms with Gasteiger partial charge in [0, 0.05) is 98.8 Å². The molecular formula is C68H128FN7O18S. The highest BCUT2D eigenvalue weighted by atomic mass is 32.2. The van der Waals surface area contributed by atoms with Crippen LogP contribution in [0.4, 0.5) is 4.39 Å². The quantitative estimate of drug-likeness (QED) is 0.0353. The van der Waals surface area contributed by atoms with Crippen LogP contribution in [-0.4, -0.2) is 186 Å². The van der Waals surface area contributed by atoms with E-state index in [0.29, 0.717) is 47.5 Å². The molecule has 6 aromatic rings. The Morgan fingerprint density at radius 3 is 1.49 bits per heavy atom. The number of aromatic amines is 3. The zero-order valence-electron chi connectivity index (χ0n) is 53.1. The minimum Gasteiger partial charge on any atom is -0.497 e. The number of nitrogens with zero attached hydrogens (tertiary/aromatic N) is 4. The van der Waals surface area contributed by atoms with Crippen LogP contribution in [-0.2, 0) is 64.3 Å². The maximum absolute atomic E-state index is 12.1. The minimum absolute atomic E-state index is 0. The number of rotatable bonds is 18. The van der Waals surface area contributed by atoms with Crippen LogP contribution in [0.25, 0.3) is 0 Å². The molecule has 556 valence electrons. The fraction of sp³-hybridized carbons (Fsp3) is 0.559. The molecule has 1 unspecified atom stereocenters. The smallest absolute Gasteiger partial charge is 0.358 e. The Bertz CT molecular complexity index is 2920. The van der Waals surface area contributed by atoms with Gasteiger partial charge in [-0.25, -0.2) is 32.8 Å². The van der Waals surface area contributed by atoms with E-state index in [1.807, 2.05) is 40.7 Å². The molecule has 5 aromatic heterocycles. The van der Waals surface area contributed by atoms with Gasteiger partial charge in [-0.3, -0.25) is 14.3 Å². The number of methoxy groups -OCH3 is 8. The number of imidazole rings is 1. The third-order valence-corrected chi connectivity index (χ3v) is 11.7. The van der Waals surface area contributed by atoms with Crippen molar-refractivity contribution in [2.24, 2.45) is 7.05 Å². The van der Waals surface area contributed by atoms with Gasteiger partial charge < -0.3 is 67.4 Å². The molecule has 27 heteroatoms. The Kier molecular flexibility index (Phi) is 83.8. The van der Waals surface area contributed by atoms with Crippen molar-refractivity contribution in [1.29, 1.82) is 0 Å². The van der Waals surface area contributed by atoms with E-state index in [9.17, 15) is 36.8 Å². The SMILES string of the molecule is C.C.C.C.C.C.C.C.C.COC(=O)[C@@H](C)OC.COC(C)CCOC(=O)c1cnc(C)[nH]1.COC[C@@H](C)OC.CO[C@H](C)CO.CO[C@H](C)COC(=O)c1ccn(C)n1.COc1ccc(S(C)(=O)=O)cc1.Cc1cc[nH]c(=O)c1.Cc1ccc[nH]c1=O.Cc1ccnc(F)c1. The fourth-order valence-electron chi connectivity index (χ4n) is 4.92. The summed E-state index contributed by atoms with van der Waals surface area (Å²) in [6.07, 6.45) is 9.51. The topological polar surface area (TPSA) is 323 Å². The maximum Gasteiger partial charge on any atom is 0.358 e. The van der Waals surface area contributed by atoms with Crippen molar-refractivity contribution in [3.05, 3.63) is 158 Å². The third-order valence-electron chi connectivity index (χ3n) is 10.5. The van der Waals surface area contributed by atoms with Gasteiger partial charge >= 0.3 is 17.9 Å². The number of carbonyl (C=O) groups is 3. The number of halogens is 1. The summed E-state index contributed by atoms with van der Waals surface area (Å²) in [7, 11) is 11.1. The zero-order chi connectivity index (χ0) is 66.2. The first-order chi connectivity index (χ1) is 40.5. The zero-order valence-corrected chi connectivity index (χ0v) is 53.9. The third kappa shape index (κ3) is 62.4. The first kappa shape index (κ1) is 115. The number of aliphatic hydroxyl groups is 1. The fourth-order valence-corrected chi connectivity index (χ4v) is 5.55. The number of esters is 3. The number of hydrogen-bond acceptors (Lipinski definition) is 21. The summed E-state index contributed by atoms with van der Waals surface area (Å²) in [4.78, 5) is 69.6. The van der Waals surface area contributed by atoms with Crippen molar-refractivity contribution in [3.8, 4) is 5.75 Å². The number of benzene rings is 1. The molecule has 0 aliphatic heterocycles. The minimum atomic E-state index is -3.08. The monoisotopic (exact) mass is 1380 g/mol. The molecule has 25 nitrogen and oxygen atoms in total. The lowest BCUT2D eigenvalue weighted by Gasteiger charge is -2.08. The van der Waals surface area contributed by atoms with Crippen LogP contribution in [0.3, 0.4) is 0 Å². The number of ether oxygens (including phenoxy) is 10. The van der Waals surface area contributed by atoms with Crippen LogP contribution >= 0.6 is 0 Å². The van der Waals surface area contributed by atoms with Gasteiger partial charge in [0.15, 0.2) is 21.6 Å². The number of sulfone groups is 1. The highest BCUT2D eigenvalue weighted by molar-refractivity contribution is 7.90. The van der Waals surface area contributed by atoms with E-state index in [2.05, 4.69) is 44.2 Å². The van der Waals surface area contributed by atoms with E-state index in [0.717, 1.165) is 16.7 Å². The second-order valence-electron chi connectivity index (χ2n) is 18.0. The summed E-state index contributed by atoms with van der Waals surface area (Å²) in [5.41, 5.74) is 3.31. The number of aryl methyl sites for hydroxylation is 5. The molecule has 5 heterocycles. The van der Waals surface area contributed by atoms with E-state index in [1.165, 1.54) is 58.2 Å². The lowest BCUT2D eigenvalue weighted by Crippen LogP contribution is -2.19. The van der Waals surface area contributed by atoms with Crippen molar-refractivity contribution in [2.75, 3.05) is 89.6 Å². The molecule has 0 fully saturated rings. The maximum atomic E-state index is 12.1. The highest BCUT2D eigenvalue weighted by Gasteiger charge is 2.13. The molecule has 0 amide bonds. The molecule has 6 rings (SSSR count). The van der Waals surface area contributed by atoms with Crippen molar-refractivity contribution in [3.63, 3.8) is 0 Å². The van der Waals surface area contributed by atoms with Gasteiger partial charge in [0.2, 0.25) is 11.5 Å². The second-order valence-corrected chi connectivity index (χ2v) is 20.0. The van der Waals surface area contributed by atoms with E-state index in [1.54, 1.807) is 136 Å². The number of aromatic nitrogens is 7. The van der Waals surface area contributed by atoms with Crippen LogP contribution in [0.15, 0.2) is 112 Å². The average Bonchev–Trinajstić information content (AvgIpc) is 2.14. The van der Waals surface area contributed by atoms with Crippen LogP contribution < -0.4 is 15.9 Å². The average molecular weight is 1380 g/mol. The van der Waals surface area contributed by atoms with Gasteiger partial charge in [-0.1, -0.05) is 72.9 Å². The Morgan fingerprint density at radius 1 is 0.642 bits per heavy atom. The number of pyridine rings is 3. The predicted molar refractivity (Wildman–Crippen MR) is 384 cm³/mol. The molecule has 0 spiro atoms. The molecular weight excluding hydrogens is 1250 g/mol. The van der Waals surface area contributed by atoms with E-state index >= 15 is 0 Å². The molecule has 0 aliphatic rings. The molecule has 0 saturated carbocycles. The summed E-state index contributed by atoms with van der Waals surface area (Å²) in [5, 5.41) is 12.1. The molecule has 4 N–H and O–H groups in total. The van der Waals surface area contributed by atoms with Crippen molar-refractivity contribution in [1.82, 2.24) is 34.7 Å². The summed E-state index contributed by atoms with van der Waals surface area (Å²) >= 11 is 0. The van der Waals surface area contributed by atoms with Gasteiger partial charge in [0.05, 0.1) is 69.5 Å². The normalized spacial score (nSPS) is 10.6. The molecule has 0 aliphatic carbocycles. The first-order valence-corrected chi connectivity index (χ1v) is 28.3. The molecule has 0 saturated heterocycles. The Hall–Kier alpha value is -7.50. The Labute approximate surface area is 571 Å². The first-order valence-electron chi connectivity index (χ1n) is 26.4.